The maximum absolute atomic E-state index is 13.5. The molecule has 0 saturated heterocycles. The molecule has 0 radical (unpaired) electrons. The lowest BCUT2D eigenvalue weighted by atomic mass is 9.99. The number of nitro benzene ring substituents is 1. The largest absolute Gasteiger partial charge is 0.409 e. The van der Waals surface area contributed by atoms with Gasteiger partial charge in [0.1, 0.15) is 0 Å². The van der Waals surface area contributed by atoms with Gasteiger partial charge in [-0.25, -0.2) is 13.1 Å². The van der Waals surface area contributed by atoms with Gasteiger partial charge in [0.2, 0.25) is 10.0 Å². The number of nitro groups is 1. The summed E-state index contributed by atoms with van der Waals surface area (Å²) >= 11 is 0. The van der Waals surface area contributed by atoms with Crippen LogP contribution in [-0.4, -0.2) is 33.8 Å². The molecule has 0 aliphatic carbocycles. The fraction of sp³-hybridized carbons (Fsp3) is 0.333. The van der Waals surface area contributed by atoms with Gasteiger partial charge < -0.3 is 4.43 Å². The molecule has 0 amide bonds. The molecule has 3 aromatic carbocycles. The third-order valence-electron chi connectivity index (χ3n) is 6.79. The van der Waals surface area contributed by atoms with Gasteiger partial charge in [-0.1, -0.05) is 81.4 Å². The minimum Gasteiger partial charge on any atom is -0.409 e. The highest BCUT2D eigenvalue weighted by molar-refractivity contribution is 7.89. The van der Waals surface area contributed by atoms with Crippen LogP contribution >= 0.6 is 0 Å². The first-order valence-electron chi connectivity index (χ1n) is 11.8. The van der Waals surface area contributed by atoms with E-state index in [4.69, 9.17) is 4.43 Å². The summed E-state index contributed by atoms with van der Waals surface area (Å²) in [5, 5.41) is 13.5. The topological polar surface area (TPSA) is 98.5 Å². The van der Waals surface area contributed by atoms with E-state index < -0.39 is 41.1 Å². The van der Waals surface area contributed by atoms with Crippen LogP contribution in [0.15, 0.2) is 84.3 Å². The zero-order valence-electron chi connectivity index (χ0n) is 21.4. The third kappa shape index (κ3) is 6.28. The van der Waals surface area contributed by atoms with Gasteiger partial charge in [-0.2, -0.15) is 0 Å². The second-order valence-corrected chi connectivity index (χ2v) is 16.9. The van der Waals surface area contributed by atoms with E-state index >= 15 is 0 Å². The number of hydrogen-bond donors (Lipinski definition) is 1. The van der Waals surface area contributed by atoms with Crippen molar-refractivity contribution in [2.24, 2.45) is 0 Å². The Morgan fingerprint density at radius 2 is 1.67 bits per heavy atom. The Labute approximate surface area is 214 Å². The van der Waals surface area contributed by atoms with Crippen molar-refractivity contribution in [3.63, 3.8) is 0 Å². The first-order chi connectivity index (χ1) is 16.7. The molecule has 2 atom stereocenters. The number of sulfonamides is 1. The van der Waals surface area contributed by atoms with Crippen LogP contribution in [0.3, 0.4) is 0 Å². The van der Waals surface area contributed by atoms with Crippen molar-refractivity contribution in [1.29, 1.82) is 0 Å². The van der Waals surface area contributed by atoms with Crippen LogP contribution in [0.1, 0.15) is 26.3 Å². The Morgan fingerprint density at radius 1 is 1.06 bits per heavy atom. The second kappa shape index (κ2) is 10.6. The lowest BCUT2D eigenvalue weighted by Gasteiger charge is -2.40. The number of fused-ring (bicyclic) bond motifs is 1. The summed E-state index contributed by atoms with van der Waals surface area (Å²) in [5.74, 6) is 0. The average Bonchev–Trinajstić information content (AvgIpc) is 2.81. The van der Waals surface area contributed by atoms with E-state index in [0.717, 1.165) is 16.3 Å². The Bertz CT molecular complexity index is 1370. The highest BCUT2D eigenvalue weighted by Gasteiger charge is 2.41. The maximum Gasteiger partial charge on any atom is 0.289 e. The zero-order chi connectivity index (χ0) is 26.7. The Balaban J connectivity index is 2.04. The quantitative estimate of drug-likeness (QED) is 0.146. The molecule has 0 bridgehead atoms. The van der Waals surface area contributed by atoms with Crippen LogP contribution in [0.25, 0.3) is 10.8 Å². The van der Waals surface area contributed by atoms with Gasteiger partial charge in [-0.05, 0) is 47.0 Å². The number of nitrogens with zero attached hydrogens (tertiary/aromatic N) is 1. The van der Waals surface area contributed by atoms with E-state index in [9.17, 15) is 18.5 Å². The molecule has 0 aliphatic rings. The Morgan fingerprint density at radius 3 is 2.28 bits per heavy atom. The van der Waals surface area contributed by atoms with Crippen LogP contribution < -0.4 is 4.72 Å². The van der Waals surface area contributed by atoms with Crippen LogP contribution in [0.2, 0.25) is 18.1 Å². The monoisotopic (exact) mass is 526 g/mol. The Kier molecular flexibility index (Phi) is 8.19. The van der Waals surface area contributed by atoms with E-state index in [1.165, 1.54) is 24.3 Å². The molecule has 192 valence electrons. The number of rotatable bonds is 10. The highest BCUT2D eigenvalue weighted by atomic mass is 32.2. The SMILES string of the molecule is C=C[C@H](O[Si](C)(C)C(C)(C)C)[C@H](Cc1ccc2ccccc2c1)NS(=O)(=O)c1ccccc1[N+](=O)[O-]. The van der Waals surface area contributed by atoms with E-state index in [1.807, 2.05) is 42.5 Å². The minimum absolute atomic E-state index is 0.112. The van der Waals surface area contributed by atoms with Crippen molar-refractivity contribution in [3.05, 3.63) is 95.1 Å². The van der Waals surface area contributed by atoms with Crippen molar-refractivity contribution in [2.45, 2.75) is 62.4 Å². The number of hydrogen-bond acceptors (Lipinski definition) is 5. The molecule has 1 N–H and O–H groups in total. The summed E-state index contributed by atoms with van der Waals surface area (Å²) < 4.78 is 36.2. The van der Waals surface area contributed by atoms with Crippen LogP contribution in [0.4, 0.5) is 5.69 Å². The lowest BCUT2D eigenvalue weighted by Crippen LogP contribution is -2.51. The standard InChI is InChI=1S/C27H34N2O5SSi/c1-7-25(34-36(5,6)27(2,3)4)23(19-20-16-17-21-12-8-9-13-22(21)18-20)28-35(32,33)26-15-11-10-14-24(26)29(30)31/h7-18,23,25,28H,1,19H2,2-6H3/t23-,25-/m0/s1. The van der Waals surface area contributed by atoms with E-state index in [0.29, 0.717) is 6.42 Å². The van der Waals surface area contributed by atoms with Gasteiger partial charge in [0.15, 0.2) is 13.2 Å². The number of benzene rings is 3. The molecule has 9 heteroatoms. The molecule has 0 unspecified atom stereocenters. The molecule has 7 nitrogen and oxygen atoms in total. The van der Waals surface area contributed by atoms with E-state index in [1.54, 1.807) is 6.08 Å². The predicted molar refractivity (Wildman–Crippen MR) is 147 cm³/mol. The maximum atomic E-state index is 13.5. The smallest absolute Gasteiger partial charge is 0.289 e. The molecular formula is C27H34N2O5SSi. The lowest BCUT2D eigenvalue weighted by molar-refractivity contribution is -0.387. The van der Waals surface area contributed by atoms with Gasteiger partial charge in [0.25, 0.3) is 5.69 Å². The predicted octanol–water partition coefficient (Wildman–Crippen LogP) is 6.21. The molecule has 3 aromatic rings. The van der Waals surface area contributed by atoms with Crippen LogP contribution in [0, 0.1) is 10.1 Å². The van der Waals surface area contributed by atoms with Gasteiger partial charge in [-0.15, -0.1) is 6.58 Å². The van der Waals surface area contributed by atoms with E-state index in [2.05, 4.69) is 45.2 Å². The fourth-order valence-electron chi connectivity index (χ4n) is 3.75. The molecular weight excluding hydrogens is 492 g/mol. The Hall–Kier alpha value is -2.85. The average molecular weight is 527 g/mol. The van der Waals surface area contributed by atoms with Crippen molar-refractivity contribution >= 4 is 34.8 Å². The molecule has 36 heavy (non-hydrogen) atoms. The third-order valence-corrected chi connectivity index (χ3v) is 12.8. The van der Waals surface area contributed by atoms with Gasteiger partial charge >= 0.3 is 0 Å². The van der Waals surface area contributed by atoms with Crippen molar-refractivity contribution < 1.29 is 17.8 Å². The molecule has 3 rings (SSSR count). The number of nitrogens with one attached hydrogen (secondary N) is 1. The molecule has 0 aromatic heterocycles. The molecule has 0 fully saturated rings. The van der Waals surface area contributed by atoms with Gasteiger partial charge in [0.05, 0.1) is 17.1 Å². The van der Waals surface area contributed by atoms with Gasteiger partial charge in [-0.3, -0.25) is 10.1 Å². The summed E-state index contributed by atoms with van der Waals surface area (Å²) in [6, 6.07) is 18.5. The first-order valence-corrected chi connectivity index (χ1v) is 16.2. The summed E-state index contributed by atoms with van der Waals surface area (Å²) in [7, 11) is -6.56. The summed E-state index contributed by atoms with van der Waals surface area (Å²) in [4.78, 5) is 10.5. The van der Waals surface area contributed by atoms with Crippen molar-refractivity contribution in [1.82, 2.24) is 4.72 Å². The summed E-state index contributed by atoms with van der Waals surface area (Å²) in [6.07, 6.45) is 1.29. The fourth-order valence-corrected chi connectivity index (χ4v) is 6.47. The molecule has 0 saturated carbocycles. The van der Waals surface area contributed by atoms with E-state index in [-0.39, 0.29) is 9.93 Å². The molecule has 0 spiro atoms. The number of para-hydroxylation sites is 1. The second-order valence-electron chi connectivity index (χ2n) is 10.4. The van der Waals surface area contributed by atoms with Crippen molar-refractivity contribution in [2.75, 3.05) is 0 Å². The first kappa shape index (κ1) is 27.7. The minimum atomic E-state index is -4.25. The van der Waals surface area contributed by atoms with Crippen LogP contribution in [-0.2, 0) is 20.9 Å². The van der Waals surface area contributed by atoms with Gasteiger partial charge in [0, 0.05) is 6.07 Å². The highest BCUT2D eigenvalue weighted by Crippen LogP contribution is 2.38. The molecule has 0 heterocycles. The summed E-state index contributed by atoms with van der Waals surface area (Å²) in [6.45, 7) is 14.4. The normalized spacial score (nSPS) is 14.4. The van der Waals surface area contributed by atoms with Crippen LogP contribution in [0.5, 0.6) is 0 Å². The summed E-state index contributed by atoms with van der Waals surface area (Å²) in [5.41, 5.74) is 0.435. The van der Waals surface area contributed by atoms with Crippen molar-refractivity contribution in [3.8, 4) is 0 Å². The zero-order valence-corrected chi connectivity index (χ0v) is 23.2. The molecule has 0 aliphatic heterocycles.